The maximum absolute atomic E-state index is 12.1. The first-order valence-corrected chi connectivity index (χ1v) is 8.60. The van der Waals surface area contributed by atoms with Crippen LogP contribution in [-0.4, -0.2) is 37.6 Å². The smallest absolute Gasteiger partial charge is 0.322 e. The van der Waals surface area contributed by atoms with Gasteiger partial charge in [0, 0.05) is 31.2 Å². The van der Waals surface area contributed by atoms with Gasteiger partial charge < -0.3 is 5.32 Å². The van der Waals surface area contributed by atoms with E-state index in [2.05, 4.69) is 5.32 Å². The molecule has 1 N–H and O–H groups in total. The first kappa shape index (κ1) is 17.1. The van der Waals surface area contributed by atoms with E-state index < -0.39 is 20.9 Å². The van der Waals surface area contributed by atoms with Crippen LogP contribution in [0, 0.1) is 10.1 Å². The van der Waals surface area contributed by atoms with Crippen LogP contribution in [0.15, 0.2) is 40.6 Å². The van der Waals surface area contributed by atoms with Gasteiger partial charge in [0.1, 0.15) is 0 Å². The molecule has 8 nitrogen and oxygen atoms in total. The molecule has 2 rings (SSSR count). The van der Waals surface area contributed by atoms with E-state index in [-0.39, 0.29) is 21.1 Å². The van der Waals surface area contributed by atoms with Crippen molar-refractivity contribution < 1.29 is 18.1 Å². The first-order valence-electron chi connectivity index (χ1n) is 6.28. The van der Waals surface area contributed by atoms with Gasteiger partial charge in [-0.15, -0.1) is 0 Å². The predicted octanol–water partition coefficient (Wildman–Crippen LogP) is 2.16. The number of nitrogens with zero attached hydrogens (tertiary/aromatic N) is 2. The van der Waals surface area contributed by atoms with Crippen LogP contribution in [0.5, 0.6) is 0 Å². The molecule has 0 aliphatic heterocycles. The monoisotopic (exact) mass is 355 g/mol. The molecule has 0 aliphatic carbocycles. The summed E-state index contributed by atoms with van der Waals surface area (Å²) in [5.74, 6) is -0.547. The quantitative estimate of drug-likeness (QED) is 0.653. The molecule has 1 amide bonds. The van der Waals surface area contributed by atoms with Crippen molar-refractivity contribution in [3.05, 3.63) is 51.4 Å². The SMILES string of the molecule is CN(C)S(=O)(=O)c1cccc(NC(=O)c2csc([N+](=O)[O-])c2)c1. The number of sulfonamides is 1. The molecular weight excluding hydrogens is 342 g/mol. The zero-order chi connectivity index (χ0) is 17.2. The molecule has 0 saturated heterocycles. The lowest BCUT2D eigenvalue weighted by Gasteiger charge is -2.12. The summed E-state index contributed by atoms with van der Waals surface area (Å²) in [6.07, 6.45) is 0. The van der Waals surface area contributed by atoms with Crippen molar-refractivity contribution in [3.8, 4) is 0 Å². The number of nitrogens with one attached hydrogen (secondary N) is 1. The van der Waals surface area contributed by atoms with Gasteiger partial charge in [0.25, 0.3) is 5.91 Å². The number of carbonyl (C=O) groups is 1. The van der Waals surface area contributed by atoms with Gasteiger partial charge in [0.2, 0.25) is 10.0 Å². The molecule has 0 saturated carbocycles. The van der Waals surface area contributed by atoms with Gasteiger partial charge in [-0.05, 0) is 18.2 Å². The summed E-state index contributed by atoms with van der Waals surface area (Å²) < 4.78 is 25.2. The second-order valence-corrected chi connectivity index (χ2v) is 7.74. The van der Waals surface area contributed by atoms with E-state index in [1.165, 1.54) is 49.8 Å². The summed E-state index contributed by atoms with van der Waals surface area (Å²) in [7, 11) is -0.797. The van der Waals surface area contributed by atoms with Crippen molar-refractivity contribution in [2.45, 2.75) is 4.90 Å². The first-order chi connectivity index (χ1) is 10.7. The van der Waals surface area contributed by atoms with Crippen LogP contribution in [0.3, 0.4) is 0 Å². The zero-order valence-corrected chi connectivity index (χ0v) is 13.8. The summed E-state index contributed by atoms with van der Waals surface area (Å²) in [5.41, 5.74) is 0.425. The van der Waals surface area contributed by atoms with E-state index in [9.17, 15) is 23.3 Å². The normalized spacial score (nSPS) is 11.4. The van der Waals surface area contributed by atoms with Crippen LogP contribution in [-0.2, 0) is 10.0 Å². The Balaban J connectivity index is 2.23. The maximum atomic E-state index is 12.1. The lowest BCUT2D eigenvalue weighted by atomic mass is 10.2. The van der Waals surface area contributed by atoms with Crippen LogP contribution in [0.2, 0.25) is 0 Å². The van der Waals surface area contributed by atoms with Crippen molar-refractivity contribution in [1.29, 1.82) is 0 Å². The third-order valence-electron chi connectivity index (χ3n) is 2.90. The van der Waals surface area contributed by atoms with Gasteiger partial charge >= 0.3 is 5.00 Å². The molecule has 0 unspecified atom stereocenters. The predicted molar refractivity (Wildman–Crippen MR) is 86.2 cm³/mol. The lowest BCUT2D eigenvalue weighted by molar-refractivity contribution is -0.380. The second-order valence-electron chi connectivity index (χ2n) is 4.70. The molecule has 0 fully saturated rings. The fourth-order valence-corrected chi connectivity index (χ4v) is 3.34. The molecule has 0 bridgehead atoms. The number of amides is 1. The summed E-state index contributed by atoms with van der Waals surface area (Å²) in [6, 6.07) is 6.95. The fraction of sp³-hybridized carbons (Fsp3) is 0.154. The third-order valence-corrected chi connectivity index (χ3v) is 5.59. The number of anilines is 1. The molecular formula is C13H13N3O5S2. The minimum absolute atomic E-state index is 0.0385. The van der Waals surface area contributed by atoms with Crippen molar-refractivity contribution >= 4 is 38.0 Å². The number of carbonyl (C=O) groups excluding carboxylic acids is 1. The number of benzene rings is 1. The van der Waals surface area contributed by atoms with Gasteiger partial charge in [-0.25, -0.2) is 12.7 Å². The number of rotatable bonds is 5. The van der Waals surface area contributed by atoms with Gasteiger partial charge in [-0.1, -0.05) is 17.4 Å². The minimum Gasteiger partial charge on any atom is -0.322 e. The molecule has 0 spiro atoms. The fourth-order valence-electron chi connectivity index (χ4n) is 1.69. The summed E-state index contributed by atoms with van der Waals surface area (Å²) in [6.45, 7) is 0. The van der Waals surface area contributed by atoms with Crippen LogP contribution in [0.25, 0.3) is 0 Å². The standard InChI is InChI=1S/C13H13N3O5S2/c1-15(2)23(20,21)11-5-3-4-10(7-11)14-13(17)9-6-12(16(18)19)22-8-9/h3-8H,1-2H3,(H,14,17). The highest BCUT2D eigenvalue weighted by molar-refractivity contribution is 7.89. The van der Waals surface area contributed by atoms with Crippen LogP contribution in [0.4, 0.5) is 10.7 Å². The molecule has 1 aromatic heterocycles. The maximum Gasteiger partial charge on any atom is 0.324 e. The Morgan fingerprint density at radius 1 is 1.30 bits per heavy atom. The molecule has 2 aromatic rings. The summed E-state index contributed by atoms with van der Waals surface area (Å²) >= 11 is 0.845. The van der Waals surface area contributed by atoms with Crippen molar-refractivity contribution in [3.63, 3.8) is 0 Å². The Hall–Kier alpha value is -2.30. The van der Waals surface area contributed by atoms with Crippen LogP contribution < -0.4 is 5.32 Å². The van der Waals surface area contributed by atoms with Crippen molar-refractivity contribution in [2.24, 2.45) is 0 Å². The van der Waals surface area contributed by atoms with Crippen LogP contribution >= 0.6 is 11.3 Å². The molecule has 0 atom stereocenters. The molecule has 10 heteroatoms. The molecule has 23 heavy (non-hydrogen) atoms. The average Bonchev–Trinajstić information content (AvgIpc) is 2.97. The van der Waals surface area contributed by atoms with E-state index >= 15 is 0 Å². The Labute approximate surface area is 136 Å². The van der Waals surface area contributed by atoms with Gasteiger partial charge in [-0.3, -0.25) is 14.9 Å². The highest BCUT2D eigenvalue weighted by Gasteiger charge is 2.19. The molecule has 1 heterocycles. The summed E-state index contributed by atoms with van der Waals surface area (Å²) in [4.78, 5) is 22.1. The second kappa shape index (κ2) is 6.44. The number of nitro groups is 1. The third kappa shape index (κ3) is 3.73. The van der Waals surface area contributed by atoms with E-state index in [0.717, 1.165) is 15.6 Å². The lowest BCUT2D eigenvalue weighted by Crippen LogP contribution is -2.22. The molecule has 0 aliphatic rings. The van der Waals surface area contributed by atoms with E-state index in [1.54, 1.807) is 0 Å². The Kier molecular flexibility index (Phi) is 4.78. The van der Waals surface area contributed by atoms with Gasteiger partial charge in [0.05, 0.1) is 15.4 Å². The van der Waals surface area contributed by atoms with Gasteiger partial charge in [-0.2, -0.15) is 0 Å². The van der Waals surface area contributed by atoms with Crippen molar-refractivity contribution in [2.75, 3.05) is 19.4 Å². The topological polar surface area (TPSA) is 110 Å². The number of hydrogen-bond donors (Lipinski definition) is 1. The Morgan fingerprint density at radius 3 is 2.57 bits per heavy atom. The molecule has 122 valence electrons. The van der Waals surface area contributed by atoms with Gasteiger partial charge in [0.15, 0.2) is 0 Å². The Bertz CT molecular complexity index is 858. The highest BCUT2D eigenvalue weighted by atomic mass is 32.2. The average molecular weight is 355 g/mol. The van der Waals surface area contributed by atoms with E-state index in [0.29, 0.717) is 0 Å². The Morgan fingerprint density at radius 2 is 2.00 bits per heavy atom. The van der Waals surface area contributed by atoms with Crippen molar-refractivity contribution in [1.82, 2.24) is 4.31 Å². The number of hydrogen-bond acceptors (Lipinski definition) is 6. The summed E-state index contributed by atoms with van der Waals surface area (Å²) in [5, 5.41) is 14.4. The minimum atomic E-state index is -3.61. The largest absolute Gasteiger partial charge is 0.324 e. The van der Waals surface area contributed by atoms with E-state index in [4.69, 9.17) is 0 Å². The molecule has 0 radical (unpaired) electrons. The zero-order valence-electron chi connectivity index (χ0n) is 12.2. The highest BCUT2D eigenvalue weighted by Crippen LogP contribution is 2.24. The van der Waals surface area contributed by atoms with Crippen LogP contribution in [0.1, 0.15) is 10.4 Å². The van der Waals surface area contributed by atoms with E-state index in [1.807, 2.05) is 0 Å². The molecule has 1 aromatic carbocycles. The number of thiophene rings is 1.